The molecule has 1 aromatic rings. The molecule has 0 atom stereocenters. The summed E-state index contributed by atoms with van der Waals surface area (Å²) in [5, 5.41) is 2.78. The molecule has 0 radical (unpaired) electrons. The van der Waals surface area contributed by atoms with Gasteiger partial charge in [-0.25, -0.2) is 0 Å². The first kappa shape index (κ1) is 10.0. The monoisotopic (exact) mass is 201 g/mol. The van der Waals surface area contributed by atoms with E-state index in [0.717, 1.165) is 7.11 Å². The summed E-state index contributed by atoms with van der Waals surface area (Å²) >= 11 is 0. The highest BCUT2D eigenvalue weighted by Crippen LogP contribution is 2.21. The lowest BCUT2D eigenvalue weighted by Gasteiger charge is -2.07. The van der Waals surface area contributed by atoms with Crippen LogP contribution in [-0.4, -0.2) is 22.6 Å². The Morgan fingerprint density at radius 2 is 1.92 bits per heavy atom. The zero-order valence-electron chi connectivity index (χ0n) is 7.44. The minimum Gasteiger partial charge on any atom is -0.387 e. The summed E-state index contributed by atoms with van der Waals surface area (Å²) in [5.41, 5.74) is 0.532. The quantitative estimate of drug-likeness (QED) is 0.743. The van der Waals surface area contributed by atoms with Gasteiger partial charge >= 0.3 is 0 Å². The average Bonchev–Trinajstić information content (AvgIpc) is 2.18. The minimum atomic E-state index is -3.60. The molecule has 1 rings (SSSR count). The molecule has 1 aromatic carbocycles. The van der Waals surface area contributed by atoms with Crippen molar-refractivity contribution in [2.75, 3.05) is 19.5 Å². The summed E-state index contributed by atoms with van der Waals surface area (Å²) in [6.07, 6.45) is 0. The van der Waals surface area contributed by atoms with Crippen molar-refractivity contribution in [3.8, 4) is 0 Å². The molecule has 0 saturated carbocycles. The maximum Gasteiger partial charge on any atom is 0.298 e. The van der Waals surface area contributed by atoms with Crippen molar-refractivity contribution in [2.24, 2.45) is 0 Å². The smallest absolute Gasteiger partial charge is 0.298 e. The van der Waals surface area contributed by atoms with Gasteiger partial charge in [-0.3, -0.25) is 4.18 Å². The molecule has 13 heavy (non-hydrogen) atoms. The second-order valence-corrected chi connectivity index (χ2v) is 4.05. The lowest BCUT2D eigenvalue weighted by atomic mass is 10.3. The molecule has 4 nitrogen and oxygen atoms in total. The number of nitrogens with one attached hydrogen (secondary N) is 1. The van der Waals surface area contributed by atoms with Crippen molar-refractivity contribution in [2.45, 2.75) is 4.90 Å². The van der Waals surface area contributed by atoms with Crippen molar-refractivity contribution in [3.63, 3.8) is 0 Å². The van der Waals surface area contributed by atoms with Gasteiger partial charge in [0.25, 0.3) is 10.1 Å². The van der Waals surface area contributed by atoms with Crippen molar-refractivity contribution in [3.05, 3.63) is 24.3 Å². The first-order valence-corrected chi connectivity index (χ1v) is 5.10. The van der Waals surface area contributed by atoms with Gasteiger partial charge in [0.1, 0.15) is 4.90 Å². The lowest BCUT2D eigenvalue weighted by molar-refractivity contribution is 0.398. The predicted molar refractivity (Wildman–Crippen MR) is 50.2 cm³/mol. The Hall–Kier alpha value is -1.07. The zero-order chi connectivity index (χ0) is 9.90. The Kier molecular flexibility index (Phi) is 2.90. The van der Waals surface area contributed by atoms with Crippen LogP contribution in [0, 0.1) is 0 Å². The third kappa shape index (κ3) is 1.99. The van der Waals surface area contributed by atoms with E-state index in [-0.39, 0.29) is 4.90 Å². The Balaban J connectivity index is 3.29. The van der Waals surface area contributed by atoms with Crippen LogP contribution in [0.2, 0.25) is 0 Å². The number of hydrogen-bond acceptors (Lipinski definition) is 4. The number of anilines is 1. The van der Waals surface area contributed by atoms with Gasteiger partial charge in [-0.1, -0.05) is 12.1 Å². The molecule has 0 unspecified atom stereocenters. The Bertz CT molecular complexity index is 386. The van der Waals surface area contributed by atoms with Crippen molar-refractivity contribution in [1.29, 1.82) is 0 Å². The molecule has 0 spiro atoms. The summed E-state index contributed by atoms with van der Waals surface area (Å²) in [7, 11) is -0.806. The maximum absolute atomic E-state index is 11.3. The van der Waals surface area contributed by atoms with Gasteiger partial charge in [-0.05, 0) is 12.1 Å². The fraction of sp³-hybridized carbons (Fsp3) is 0.250. The van der Waals surface area contributed by atoms with E-state index in [2.05, 4.69) is 9.50 Å². The molecular weight excluding hydrogens is 190 g/mol. The molecule has 0 aliphatic rings. The second-order valence-electron chi connectivity index (χ2n) is 2.37. The molecule has 0 fully saturated rings. The summed E-state index contributed by atoms with van der Waals surface area (Å²) < 4.78 is 27.0. The van der Waals surface area contributed by atoms with Crippen LogP contribution < -0.4 is 5.32 Å². The van der Waals surface area contributed by atoms with Crippen LogP contribution in [0.15, 0.2) is 29.2 Å². The summed E-state index contributed by atoms with van der Waals surface area (Å²) in [4.78, 5) is 0.153. The van der Waals surface area contributed by atoms with E-state index in [4.69, 9.17) is 0 Å². The summed E-state index contributed by atoms with van der Waals surface area (Å²) in [6.45, 7) is 0. The fourth-order valence-corrected chi connectivity index (χ4v) is 1.85. The van der Waals surface area contributed by atoms with E-state index in [1.165, 1.54) is 6.07 Å². The van der Waals surface area contributed by atoms with Gasteiger partial charge in [0.05, 0.1) is 12.8 Å². The summed E-state index contributed by atoms with van der Waals surface area (Å²) in [6, 6.07) is 6.56. The highest BCUT2D eigenvalue weighted by atomic mass is 32.2. The van der Waals surface area contributed by atoms with Crippen molar-refractivity contribution < 1.29 is 12.6 Å². The van der Waals surface area contributed by atoms with E-state index in [9.17, 15) is 8.42 Å². The molecule has 0 bridgehead atoms. The van der Waals surface area contributed by atoms with E-state index >= 15 is 0 Å². The van der Waals surface area contributed by atoms with Crippen LogP contribution in [0.4, 0.5) is 5.69 Å². The number of hydrogen-bond donors (Lipinski definition) is 1. The molecule has 5 heteroatoms. The maximum atomic E-state index is 11.3. The number of benzene rings is 1. The van der Waals surface area contributed by atoms with E-state index in [1.807, 2.05) is 0 Å². The molecule has 0 aromatic heterocycles. The SMILES string of the molecule is CNc1ccccc1S(=O)(=O)OC. The molecule has 0 heterocycles. The number of para-hydroxylation sites is 1. The Morgan fingerprint density at radius 1 is 1.31 bits per heavy atom. The van der Waals surface area contributed by atoms with Gasteiger partial charge in [0.15, 0.2) is 0 Å². The van der Waals surface area contributed by atoms with Gasteiger partial charge in [-0.2, -0.15) is 8.42 Å². The average molecular weight is 201 g/mol. The Morgan fingerprint density at radius 3 is 2.46 bits per heavy atom. The zero-order valence-corrected chi connectivity index (χ0v) is 8.26. The predicted octanol–water partition coefficient (Wildman–Crippen LogP) is 1.06. The van der Waals surface area contributed by atoms with Crippen LogP contribution in [0.25, 0.3) is 0 Å². The van der Waals surface area contributed by atoms with Gasteiger partial charge in [0, 0.05) is 7.05 Å². The van der Waals surface area contributed by atoms with Gasteiger partial charge in [0.2, 0.25) is 0 Å². The molecule has 0 aliphatic heterocycles. The lowest BCUT2D eigenvalue weighted by Crippen LogP contribution is -2.06. The first-order chi connectivity index (χ1) is 6.11. The topological polar surface area (TPSA) is 55.4 Å². The molecule has 0 aliphatic carbocycles. The largest absolute Gasteiger partial charge is 0.387 e. The highest BCUT2D eigenvalue weighted by Gasteiger charge is 2.16. The van der Waals surface area contributed by atoms with Gasteiger partial charge in [-0.15, -0.1) is 0 Å². The summed E-state index contributed by atoms with van der Waals surface area (Å²) in [5.74, 6) is 0. The standard InChI is InChI=1S/C8H11NO3S/c1-9-7-5-3-4-6-8(7)13(10,11)12-2/h3-6,9H,1-2H3. The number of rotatable bonds is 3. The van der Waals surface area contributed by atoms with Crippen molar-refractivity contribution >= 4 is 15.8 Å². The second kappa shape index (κ2) is 3.76. The van der Waals surface area contributed by atoms with Crippen LogP contribution in [0.3, 0.4) is 0 Å². The van der Waals surface area contributed by atoms with Crippen LogP contribution in [0.5, 0.6) is 0 Å². The minimum absolute atomic E-state index is 0.153. The van der Waals surface area contributed by atoms with E-state index in [1.54, 1.807) is 25.2 Å². The highest BCUT2D eigenvalue weighted by molar-refractivity contribution is 7.87. The Labute approximate surface area is 77.7 Å². The molecular formula is C8H11NO3S. The fourth-order valence-electron chi connectivity index (χ4n) is 0.981. The molecule has 0 saturated heterocycles. The van der Waals surface area contributed by atoms with Crippen molar-refractivity contribution in [1.82, 2.24) is 0 Å². The van der Waals surface area contributed by atoms with Crippen LogP contribution in [-0.2, 0) is 14.3 Å². The third-order valence-electron chi connectivity index (χ3n) is 1.65. The normalized spacial score (nSPS) is 11.2. The molecule has 1 N–H and O–H groups in total. The van der Waals surface area contributed by atoms with Crippen LogP contribution in [0.1, 0.15) is 0 Å². The molecule has 0 amide bonds. The van der Waals surface area contributed by atoms with Gasteiger partial charge < -0.3 is 5.32 Å². The van der Waals surface area contributed by atoms with E-state index < -0.39 is 10.1 Å². The molecule has 72 valence electrons. The first-order valence-electron chi connectivity index (χ1n) is 3.69. The third-order valence-corrected chi connectivity index (χ3v) is 2.98. The van der Waals surface area contributed by atoms with E-state index in [0.29, 0.717) is 5.69 Å². The van der Waals surface area contributed by atoms with Crippen LogP contribution >= 0.6 is 0 Å².